The smallest absolute Gasteiger partial charge is 0.0934 e. The summed E-state index contributed by atoms with van der Waals surface area (Å²) in [6, 6.07) is 2.94. The first-order chi connectivity index (χ1) is 8.99. The molecule has 0 saturated carbocycles. The highest BCUT2D eigenvalue weighted by Crippen LogP contribution is 2.32. The average molecular weight is 264 g/mol. The maximum absolute atomic E-state index is 5.13. The quantitative estimate of drug-likeness (QED) is 0.729. The first kappa shape index (κ1) is 14.6. The minimum atomic E-state index is 0.828. The zero-order valence-electron chi connectivity index (χ0n) is 13.1. The molecule has 0 bridgehead atoms. The lowest BCUT2D eigenvalue weighted by atomic mass is 9.83. The van der Waals surface area contributed by atoms with Crippen LogP contribution in [0.1, 0.15) is 45.1 Å². The molecule has 1 saturated heterocycles. The molecule has 108 valence electrons. The Morgan fingerprint density at radius 2 is 2.16 bits per heavy atom. The van der Waals surface area contributed by atoms with Gasteiger partial charge in [-0.25, -0.2) is 0 Å². The van der Waals surface area contributed by atoms with Gasteiger partial charge in [0.15, 0.2) is 0 Å². The highest BCUT2D eigenvalue weighted by atomic mass is 16.3. The molecule has 2 nitrogen and oxygen atoms in total. The Morgan fingerprint density at radius 3 is 2.79 bits per heavy atom. The fraction of sp³-hybridized carbons (Fsp3) is 0.765. The van der Waals surface area contributed by atoms with E-state index in [2.05, 4.69) is 34.0 Å². The minimum Gasteiger partial charge on any atom is -0.472 e. The standard InChI is InChI=1S/C17H30NO/c1-14-8-9-17(18(3,4)12-14)15(2)6-5-7-16-10-11-19-13-16/h10-11,13-15,17H,5-9,12H2,1-4H3/q+1. The van der Waals surface area contributed by atoms with Gasteiger partial charge in [-0.15, -0.1) is 0 Å². The van der Waals surface area contributed by atoms with Crippen molar-refractivity contribution in [1.82, 2.24) is 0 Å². The summed E-state index contributed by atoms with van der Waals surface area (Å²) in [4.78, 5) is 0. The number of likely N-dealkylation sites (tertiary alicyclic amines) is 1. The fourth-order valence-electron chi connectivity index (χ4n) is 4.06. The van der Waals surface area contributed by atoms with Crippen molar-refractivity contribution in [2.75, 3.05) is 20.6 Å². The van der Waals surface area contributed by atoms with Gasteiger partial charge in [-0.2, -0.15) is 0 Å². The lowest BCUT2D eigenvalue weighted by molar-refractivity contribution is -0.927. The van der Waals surface area contributed by atoms with Gasteiger partial charge in [-0.3, -0.25) is 0 Å². The number of hydrogen-bond acceptors (Lipinski definition) is 1. The van der Waals surface area contributed by atoms with Gasteiger partial charge < -0.3 is 8.90 Å². The number of furan rings is 1. The molecular weight excluding hydrogens is 234 g/mol. The molecule has 0 N–H and O–H groups in total. The van der Waals surface area contributed by atoms with E-state index in [1.54, 1.807) is 6.26 Å². The van der Waals surface area contributed by atoms with Crippen LogP contribution in [0.15, 0.2) is 23.0 Å². The second-order valence-corrected chi connectivity index (χ2v) is 7.21. The third-order valence-corrected chi connectivity index (χ3v) is 5.00. The molecular formula is C17H30NO+. The highest BCUT2D eigenvalue weighted by molar-refractivity contribution is 5.04. The van der Waals surface area contributed by atoms with Gasteiger partial charge >= 0.3 is 0 Å². The van der Waals surface area contributed by atoms with Crippen LogP contribution in [-0.2, 0) is 6.42 Å². The van der Waals surface area contributed by atoms with E-state index in [-0.39, 0.29) is 0 Å². The normalized spacial score (nSPS) is 28.2. The summed E-state index contributed by atoms with van der Waals surface area (Å²) in [5.74, 6) is 1.72. The molecule has 0 radical (unpaired) electrons. The Labute approximate surface area is 118 Å². The Morgan fingerprint density at radius 1 is 1.37 bits per heavy atom. The summed E-state index contributed by atoms with van der Waals surface area (Å²) in [6.45, 7) is 6.20. The number of quaternary nitrogens is 1. The third kappa shape index (κ3) is 3.85. The molecule has 1 aliphatic rings. The molecule has 0 spiro atoms. The molecule has 1 aromatic rings. The Hall–Kier alpha value is -0.760. The van der Waals surface area contributed by atoms with Crippen LogP contribution >= 0.6 is 0 Å². The zero-order chi connectivity index (χ0) is 13.9. The Kier molecular flexibility index (Phi) is 4.72. The molecule has 3 unspecified atom stereocenters. The van der Waals surface area contributed by atoms with Crippen LogP contribution in [0.2, 0.25) is 0 Å². The minimum absolute atomic E-state index is 0.828. The van der Waals surface area contributed by atoms with Crippen molar-refractivity contribution in [3.05, 3.63) is 24.2 Å². The van der Waals surface area contributed by atoms with Gasteiger partial charge in [0.2, 0.25) is 0 Å². The van der Waals surface area contributed by atoms with E-state index in [0.717, 1.165) is 24.3 Å². The van der Waals surface area contributed by atoms with Gasteiger partial charge in [0.25, 0.3) is 0 Å². The molecule has 2 rings (SSSR count). The van der Waals surface area contributed by atoms with Crippen LogP contribution in [0.5, 0.6) is 0 Å². The summed E-state index contributed by atoms with van der Waals surface area (Å²) in [5.41, 5.74) is 1.35. The van der Waals surface area contributed by atoms with Crippen LogP contribution in [0.4, 0.5) is 0 Å². The van der Waals surface area contributed by atoms with E-state index in [4.69, 9.17) is 4.42 Å². The molecule has 0 aromatic carbocycles. The lowest BCUT2D eigenvalue weighted by Crippen LogP contribution is -2.56. The van der Waals surface area contributed by atoms with Crippen LogP contribution in [-0.4, -0.2) is 31.2 Å². The van der Waals surface area contributed by atoms with Gasteiger partial charge in [-0.05, 0) is 37.3 Å². The number of hydrogen-bond donors (Lipinski definition) is 0. The predicted octanol–water partition coefficient (Wildman–Crippen LogP) is 4.11. The summed E-state index contributed by atoms with van der Waals surface area (Å²) >= 11 is 0. The van der Waals surface area contributed by atoms with E-state index in [1.165, 1.54) is 42.3 Å². The lowest BCUT2D eigenvalue weighted by Gasteiger charge is -2.46. The zero-order valence-corrected chi connectivity index (χ0v) is 13.1. The molecule has 19 heavy (non-hydrogen) atoms. The predicted molar refractivity (Wildman–Crippen MR) is 80.0 cm³/mol. The Bertz CT molecular complexity index is 369. The number of aryl methyl sites for hydroxylation is 1. The SMILES string of the molecule is CC1CCC(C(C)CCCc2ccoc2)[N+](C)(C)C1. The monoisotopic (exact) mass is 264 g/mol. The van der Waals surface area contributed by atoms with Crippen molar-refractivity contribution in [3.63, 3.8) is 0 Å². The van der Waals surface area contributed by atoms with E-state index in [0.29, 0.717) is 0 Å². The average Bonchev–Trinajstić information content (AvgIpc) is 2.80. The maximum atomic E-state index is 5.13. The van der Waals surface area contributed by atoms with Gasteiger partial charge in [0.1, 0.15) is 0 Å². The second kappa shape index (κ2) is 6.13. The van der Waals surface area contributed by atoms with E-state index in [1.807, 2.05) is 6.26 Å². The van der Waals surface area contributed by atoms with Crippen LogP contribution < -0.4 is 0 Å². The third-order valence-electron chi connectivity index (χ3n) is 5.00. The molecule has 1 aliphatic heterocycles. The van der Waals surface area contributed by atoms with Gasteiger partial charge in [-0.1, -0.05) is 13.8 Å². The largest absolute Gasteiger partial charge is 0.472 e. The van der Waals surface area contributed by atoms with Gasteiger partial charge in [0.05, 0.1) is 39.2 Å². The molecule has 1 aromatic heterocycles. The number of nitrogens with zero attached hydrogens (tertiary/aromatic N) is 1. The van der Waals surface area contributed by atoms with Crippen LogP contribution in [0, 0.1) is 11.8 Å². The number of rotatable bonds is 5. The molecule has 2 heterocycles. The molecule has 0 aliphatic carbocycles. The fourth-order valence-corrected chi connectivity index (χ4v) is 4.06. The second-order valence-electron chi connectivity index (χ2n) is 7.21. The highest BCUT2D eigenvalue weighted by Gasteiger charge is 2.37. The number of piperidine rings is 1. The summed E-state index contributed by atoms with van der Waals surface area (Å²) in [6.07, 6.45) is 10.3. The van der Waals surface area contributed by atoms with Crippen molar-refractivity contribution < 1.29 is 8.90 Å². The van der Waals surface area contributed by atoms with Gasteiger partial charge in [0, 0.05) is 18.3 Å². The first-order valence-corrected chi connectivity index (χ1v) is 7.83. The van der Waals surface area contributed by atoms with Crippen molar-refractivity contribution in [1.29, 1.82) is 0 Å². The van der Waals surface area contributed by atoms with E-state index < -0.39 is 0 Å². The van der Waals surface area contributed by atoms with E-state index in [9.17, 15) is 0 Å². The Balaban J connectivity index is 1.80. The molecule has 2 heteroatoms. The topological polar surface area (TPSA) is 13.1 Å². The molecule has 1 fully saturated rings. The van der Waals surface area contributed by atoms with Crippen LogP contribution in [0.25, 0.3) is 0 Å². The summed E-state index contributed by atoms with van der Waals surface area (Å²) < 4.78 is 6.35. The first-order valence-electron chi connectivity index (χ1n) is 7.83. The summed E-state index contributed by atoms with van der Waals surface area (Å²) in [7, 11) is 4.85. The van der Waals surface area contributed by atoms with Crippen molar-refractivity contribution in [2.45, 2.75) is 52.0 Å². The maximum Gasteiger partial charge on any atom is 0.0934 e. The van der Waals surface area contributed by atoms with Crippen molar-refractivity contribution in [3.8, 4) is 0 Å². The summed E-state index contributed by atoms with van der Waals surface area (Å²) in [5, 5.41) is 0. The van der Waals surface area contributed by atoms with Crippen molar-refractivity contribution >= 4 is 0 Å². The van der Waals surface area contributed by atoms with E-state index >= 15 is 0 Å². The van der Waals surface area contributed by atoms with Crippen LogP contribution in [0.3, 0.4) is 0 Å². The molecule has 3 atom stereocenters. The van der Waals surface area contributed by atoms with Crippen molar-refractivity contribution in [2.24, 2.45) is 11.8 Å². The molecule has 0 amide bonds.